The van der Waals surface area contributed by atoms with Crippen molar-refractivity contribution in [3.63, 3.8) is 0 Å². The van der Waals surface area contributed by atoms with Crippen molar-refractivity contribution in [1.82, 2.24) is 9.88 Å². The summed E-state index contributed by atoms with van der Waals surface area (Å²) in [5, 5.41) is 5.97. The number of nitrogens with zero attached hydrogens (tertiary/aromatic N) is 2. The summed E-state index contributed by atoms with van der Waals surface area (Å²) in [6.07, 6.45) is 9.07. The number of halogens is 1. The van der Waals surface area contributed by atoms with E-state index < -0.39 is 0 Å². The predicted octanol–water partition coefficient (Wildman–Crippen LogP) is 6.41. The van der Waals surface area contributed by atoms with Gasteiger partial charge in [0.2, 0.25) is 0 Å². The molecule has 1 saturated heterocycles. The van der Waals surface area contributed by atoms with Crippen LogP contribution in [0.1, 0.15) is 72.4 Å². The van der Waals surface area contributed by atoms with Crippen LogP contribution in [0.2, 0.25) is 0 Å². The summed E-state index contributed by atoms with van der Waals surface area (Å²) in [7, 11) is 0. The van der Waals surface area contributed by atoms with Crippen LogP contribution in [-0.2, 0) is 0 Å². The van der Waals surface area contributed by atoms with Crippen molar-refractivity contribution in [3.05, 3.63) is 63.9 Å². The molecule has 164 valence electrons. The maximum absolute atomic E-state index is 13.4. The zero-order valence-corrected chi connectivity index (χ0v) is 18.9. The highest BCUT2D eigenvalue weighted by Crippen LogP contribution is 2.33. The fourth-order valence-electron chi connectivity index (χ4n) is 4.26. The molecule has 2 heterocycles. The van der Waals surface area contributed by atoms with Crippen molar-refractivity contribution in [3.8, 4) is 0 Å². The Kier molecular flexibility index (Phi) is 7.30. The van der Waals surface area contributed by atoms with Gasteiger partial charge in [-0.05, 0) is 63.0 Å². The van der Waals surface area contributed by atoms with Crippen LogP contribution in [-0.4, -0.2) is 35.4 Å². The van der Waals surface area contributed by atoms with E-state index in [2.05, 4.69) is 22.1 Å². The molecule has 0 unspecified atom stereocenters. The molecule has 31 heavy (non-hydrogen) atoms. The molecule has 0 atom stereocenters. The first-order valence-electron chi connectivity index (χ1n) is 11.3. The number of amides is 1. The third kappa shape index (κ3) is 5.49. The van der Waals surface area contributed by atoms with Gasteiger partial charge in [0.15, 0.2) is 0 Å². The van der Waals surface area contributed by atoms with Crippen LogP contribution >= 0.6 is 11.3 Å². The molecule has 4 nitrogen and oxygen atoms in total. The number of unbranched alkanes of at least 4 members (excludes halogenated alkanes) is 1. The van der Waals surface area contributed by atoms with Crippen LogP contribution in [0.3, 0.4) is 0 Å². The number of piperidine rings is 1. The zero-order valence-electron chi connectivity index (χ0n) is 18.1. The van der Waals surface area contributed by atoms with Gasteiger partial charge in [-0.1, -0.05) is 37.6 Å². The molecular formula is C25H30FN3OS. The summed E-state index contributed by atoms with van der Waals surface area (Å²) in [5.41, 5.74) is 3.20. The Balaban J connectivity index is 1.41. The number of hydrogen-bond acceptors (Lipinski definition) is 4. The van der Waals surface area contributed by atoms with E-state index in [0.29, 0.717) is 24.5 Å². The lowest BCUT2D eigenvalue weighted by atomic mass is 9.95. The summed E-state index contributed by atoms with van der Waals surface area (Å²) in [5.74, 6) is 0.163. The zero-order chi connectivity index (χ0) is 21.6. The minimum atomic E-state index is -0.187. The lowest BCUT2D eigenvalue weighted by molar-refractivity contribution is 0.102. The Morgan fingerprint density at radius 3 is 2.77 bits per heavy atom. The molecule has 1 N–H and O–H groups in total. The van der Waals surface area contributed by atoms with E-state index in [-0.39, 0.29) is 11.7 Å². The summed E-state index contributed by atoms with van der Waals surface area (Å²) in [6.45, 7) is 5.65. The van der Waals surface area contributed by atoms with E-state index in [0.717, 1.165) is 47.8 Å². The lowest BCUT2D eigenvalue weighted by Crippen LogP contribution is -2.33. The minimum Gasteiger partial charge on any atom is -0.320 e. The number of carbonyl (C=O) groups is 1. The van der Waals surface area contributed by atoms with E-state index in [9.17, 15) is 9.18 Å². The second-order valence-electron chi connectivity index (χ2n) is 8.35. The van der Waals surface area contributed by atoms with Gasteiger partial charge in [-0.25, -0.2) is 9.37 Å². The maximum atomic E-state index is 13.4. The molecule has 6 heteroatoms. The molecule has 0 saturated carbocycles. The number of anilines is 1. The van der Waals surface area contributed by atoms with Gasteiger partial charge < -0.3 is 10.2 Å². The van der Waals surface area contributed by atoms with Crippen molar-refractivity contribution in [2.75, 3.05) is 25.0 Å². The topological polar surface area (TPSA) is 45.2 Å². The molecule has 1 aliphatic heterocycles. The average Bonchev–Trinajstić information content (AvgIpc) is 3.30. The number of rotatable bonds is 7. The molecule has 0 radical (unpaired) electrons. The monoisotopic (exact) mass is 439 g/mol. The van der Waals surface area contributed by atoms with E-state index in [1.54, 1.807) is 17.4 Å². The summed E-state index contributed by atoms with van der Waals surface area (Å²) in [4.78, 5) is 20.1. The van der Waals surface area contributed by atoms with Crippen molar-refractivity contribution in [1.29, 1.82) is 0 Å². The molecule has 0 spiro atoms. The second-order valence-corrected chi connectivity index (χ2v) is 9.24. The number of hydrogen-bond donors (Lipinski definition) is 1. The van der Waals surface area contributed by atoms with E-state index in [1.807, 2.05) is 29.6 Å². The predicted molar refractivity (Wildman–Crippen MR) is 126 cm³/mol. The highest BCUT2D eigenvalue weighted by molar-refractivity contribution is 7.10. The third-order valence-corrected chi connectivity index (χ3v) is 7.15. The van der Waals surface area contributed by atoms with Crippen molar-refractivity contribution < 1.29 is 9.18 Å². The number of allylic oxidation sites excluding steroid dienone is 4. The first kappa shape index (κ1) is 21.9. The molecule has 1 aromatic heterocycles. The number of para-hydroxylation sites is 1. The molecule has 2 aliphatic rings. The van der Waals surface area contributed by atoms with Gasteiger partial charge in [-0.3, -0.25) is 4.79 Å². The molecule has 1 amide bonds. The van der Waals surface area contributed by atoms with E-state index in [1.165, 1.54) is 25.5 Å². The van der Waals surface area contributed by atoms with Crippen LogP contribution < -0.4 is 5.32 Å². The Bertz CT molecular complexity index is 973. The van der Waals surface area contributed by atoms with Gasteiger partial charge in [-0.15, -0.1) is 11.3 Å². The standard InChI is InChI=1S/C25H30FN3OS/c1-2-3-14-29-15-12-19(13-16-29)25-28-23(17-31-25)24(30)27-22-7-5-4-6-21(22)18-8-10-20(26)11-9-18/h4-8,10,17,19H,2-3,9,11-16H2,1H3,(H,27,30). The number of benzene rings is 1. The maximum Gasteiger partial charge on any atom is 0.275 e. The first-order valence-corrected chi connectivity index (χ1v) is 12.2. The van der Waals surface area contributed by atoms with Crippen LogP contribution in [0.5, 0.6) is 0 Å². The van der Waals surface area contributed by atoms with Gasteiger partial charge in [0.25, 0.3) is 5.91 Å². The average molecular weight is 440 g/mol. The van der Waals surface area contributed by atoms with Gasteiger partial charge in [0.05, 0.1) is 5.01 Å². The normalized spacial score (nSPS) is 17.9. The first-order chi connectivity index (χ1) is 15.1. The minimum absolute atomic E-state index is 0.100. The SMILES string of the molecule is CCCCN1CCC(c2nc(C(=O)Nc3ccccc3C3=CC=C(F)CC3)cs2)CC1. The molecule has 2 aromatic rings. The molecule has 1 aliphatic carbocycles. The van der Waals surface area contributed by atoms with Gasteiger partial charge >= 0.3 is 0 Å². The molecule has 0 bridgehead atoms. The van der Waals surface area contributed by atoms with Gasteiger partial charge in [-0.2, -0.15) is 0 Å². The van der Waals surface area contributed by atoms with Crippen molar-refractivity contribution in [2.24, 2.45) is 0 Å². The summed E-state index contributed by atoms with van der Waals surface area (Å²) >= 11 is 1.60. The molecule has 4 rings (SSSR count). The fourth-order valence-corrected chi connectivity index (χ4v) is 5.23. The van der Waals surface area contributed by atoms with Gasteiger partial charge in [0, 0.05) is 29.0 Å². The van der Waals surface area contributed by atoms with Crippen LogP contribution in [0.15, 0.2) is 47.6 Å². The molecular weight excluding hydrogens is 409 g/mol. The highest BCUT2D eigenvalue weighted by atomic mass is 32.1. The number of thiazole rings is 1. The van der Waals surface area contributed by atoms with Crippen LogP contribution in [0.4, 0.5) is 10.1 Å². The fraction of sp³-hybridized carbons (Fsp3) is 0.440. The Morgan fingerprint density at radius 1 is 1.23 bits per heavy atom. The Labute approximate surface area is 187 Å². The number of aromatic nitrogens is 1. The number of nitrogens with one attached hydrogen (secondary N) is 1. The summed E-state index contributed by atoms with van der Waals surface area (Å²) < 4.78 is 13.4. The third-order valence-electron chi connectivity index (χ3n) is 6.14. The Morgan fingerprint density at radius 2 is 2.03 bits per heavy atom. The van der Waals surface area contributed by atoms with Crippen LogP contribution in [0.25, 0.3) is 5.57 Å². The van der Waals surface area contributed by atoms with E-state index in [4.69, 9.17) is 0 Å². The van der Waals surface area contributed by atoms with Crippen LogP contribution in [0, 0.1) is 0 Å². The lowest BCUT2D eigenvalue weighted by Gasteiger charge is -2.30. The Hall–Kier alpha value is -2.31. The quantitative estimate of drug-likeness (QED) is 0.542. The smallest absolute Gasteiger partial charge is 0.275 e. The van der Waals surface area contributed by atoms with Gasteiger partial charge in [0.1, 0.15) is 11.5 Å². The molecule has 1 aromatic carbocycles. The van der Waals surface area contributed by atoms with Crippen molar-refractivity contribution >= 4 is 28.5 Å². The second kappa shape index (κ2) is 10.3. The van der Waals surface area contributed by atoms with E-state index >= 15 is 0 Å². The molecule has 1 fully saturated rings. The van der Waals surface area contributed by atoms with Crippen molar-refractivity contribution in [2.45, 2.75) is 51.4 Å². The number of likely N-dealkylation sites (tertiary alicyclic amines) is 1. The summed E-state index contributed by atoms with van der Waals surface area (Å²) in [6, 6.07) is 7.70. The number of carbonyl (C=O) groups excluding carboxylic acids is 1. The largest absolute Gasteiger partial charge is 0.320 e. The highest BCUT2D eigenvalue weighted by Gasteiger charge is 2.24.